The molecular formula is C11H18BrN3O2. The molecule has 0 saturated carbocycles. The van der Waals surface area contributed by atoms with E-state index < -0.39 is 0 Å². The fraction of sp³-hybridized carbons (Fsp3) is 0.727. The van der Waals surface area contributed by atoms with Gasteiger partial charge in [-0.25, -0.2) is 0 Å². The summed E-state index contributed by atoms with van der Waals surface area (Å²) in [5, 5.41) is 10.3. The van der Waals surface area contributed by atoms with Crippen LogP contribution in [-0.4, -0.2) is 20.9 Å². The molecule has 17 heavy (non-hydrogen) atoms. The lowest BCUT2D eigenvalue weighted by molar-refractivity contribution is -0.116. The van der Waals surface area contributed by atoms with Gasteiger partial charge in [-0.1, -0.05) is 55.6 Å². The maximum Gasteiger partial charge on any atom is 0.322 e. The van der Waals surface area contributed by atoms with Gasteiger partial charge in [0.2, 0.25) is 11.8 Å². The number of carbonyl (C=O) groups excluding carboxylic acids is 1. The van der Waals surface area contributed by atoms with Crippen molar-refractivity contribution in [3.05, 3.63) is 5.89 Å². The number of carbonyl (C=O) groups is 1. The summed E-state index contributed by atoms with van der Waals surface area (Å²) in [6, 6.07) is 0.144. The van der Waals surface area contributed by atoms with Crippen molar-refractivity contribution in [1.29, 1.82) is 0 Å². The quantitative estimate of drug-likeness (QED) is 0.872. The minimum atomic E-state index is -0.271. The monoisotopic (exact) mass is 303 g/mol. The summed E-state index contributed by atoms with van der Waals surface area (Å²) < 4.78 is 5.37. The van der Waals surface area contributed by atoms with Gasteiger partial charge >= 0.3 is 6.01 Å². The van der Waals surface area contributed by atoms with Crippen LogP contribution in [0.1, 0.15) is 40.5 Å². The van der Waals surface area contributed by atoms with E-state index in [9.17, 15) is 4.79 Å². The number of halogens is 1. The maximum absolute atomic E-state index is 11.7. The van der Waals surface area contributed by atoms with Crippen LogP contribution in [0.5, 0.6) is 0 Å². The average Bonchev–Trinajstić information content (AvgIpc) is 2.64. The van der Waals surface area contributed by atoms with Crippen LogP contribution in [0.15, 0.2) is 4.42 Å². The average molecular weight is 304 g/mol. The van der Waals surface area contributed by atoms with Crippen molar-refractivity contribution < 1.29 is 9.21 Å². The normalized spacial score (nSPS) is 13.8. The topological polar surface area (TPSA) is 68.0 Å². The minimum Gasteiger partial charge on any atom is -0.407 e. The van der Waals surface area contributed by atoms with E-state index in [0.29, 0.717) is 5.89 Å². The van der Waals surface area contributed by atoms with Gasteiger partial charge in [0, 0.05) is 5.41 Å². The Morgan fingerprint density at radius 3 is 2.35 bits per heavy atom. The number of nitrogens with zero attached hydrogens (tertiary/aromatic N) is 2. The third-order valence-corrected chi connectivity index (χ3v) is 3.61. The molecule has 1 rings (SSSR count). The lowest BCUT2D eigenvalue weighted by atomic mass is 9.97. The van der Waals surface area contributed by atoms with E-state index in [2.05, 4.69) is 31.4 Å². The molecule has 1 aromatic heterocycles. The molecule has 1 atom stereocenters. The van der Waals surface area contributed by atoms with Crippen LogP contribution >= 0.6 is 15.9 Å². The van der Waals surface area contributed by atoms with Crippen molar-refractivity contribution in [2.45, 2.75) is 44.9 Å². The Bertz CT molecular complexity index is 396. The molecule has 1 aromatic rings. The zero-order chi connectivity index (χ0) is 13.2. The second-order valence-electron chi connectivity index (χ2n) is 5.30. The van der Waals surface area contributed by atoms with E-state index in [1.165, 1.54) is 0 Å². The van der Waals surface area contributed by atoms with Crippen LogP contribution in [0, 0.1) is 5.92 Å². The number of alkyl halides is 1. The number of anilines is 1. The van der Waals surface area contributed by atoms with Crippen LogP contribution in [0.4, 0.5) is 6.01 Å². The van der Waals surface area contributed by atoms with Crippen LogP contribution in [-0.2, 0) is 10.2 Å². The largest absolute Gasteiger partial charge is 0.407 e. The Morgan fingerprint density at radius 1 is 1.35 bits per heavy atom. The van der Waals surface area contributed by atoms with Gasteiger partial charge in [0.15, 0.2) is 0 Å². The molecule has 0 radical (unpaired) electrons. The van der Waals surface area contributed by atoms with Gasteiger partial charge in [0.1, 0.15) is 0 Å². The van der Waals surface area contributed by atoms with E-state index in [1.807, 2.05) is 34.6 Å². The summed E-state index contributed by atoms with van der Waals surface area (Å²) in [5.74, 6) is 0.521. The van der Waals surface area contributed by atoms with E-state index in [0.717, 1.165) is 0 Å². The van der Waals surface area contributed by atoms with Crippen LogP contribution in [0.3, 0.4) is 0 Å². The molecule has 1 N–H and O–H groups in total. The van der Waals surface area contributed by atoms with E-state index in [-0.39, 0.29) is 28.1 Å². The molecule has 1 amide bonds. The Hall–Kier alpha value is -0.910. The van der Waals surface area contributed by atoms with Gasteiger partial charge in [-0.3, -0.25) is 10.1 Å². The van der Waals surface area contributed by atoms with Gasteiger partial charge < -0.3 is 4.42 Å². The molecule has 0 fully saturated rings. The number of amides is 1. The summed E-state index contributed by atoms with van der Waals surface area (Å²) in [7, 11) is 0. The highest BCUT2D eigenvalue weighted by atomic mass is 79.9. The molecule has 1 heterocycles. The fourth-order valence-electron chi connectivity index (χ4n) is 1.05. The van der Waals surface area contributed by atoms with Gasteiger partial charge in [0.05, 0.1) is 4.83 Å². The number of aromatic nitrogens is 2. The van der Waals surface area contributed by atoms with Crippen molar-refractivity contribution in [3.63, 3.8) is 0 Å². The van der Waals surface area contributed by atoms with Crippen molar-refractivity contribution in [3.8, 4) is 0 Å². The molecule has 0 saturated heterocycles. The van der Waals surface area contributed by atoms with Crippen molar-refractivity contribution in [2.75, 3.05) is 5.32 Å². The Labute approximate surface area is 109 Å². The number of hydrogen-bond acceptors (Lipinski definition) is 4. The molecule has 5 nitrogen and oxygen atoms in total. The summed E-state index contributed by atoms with van der Waals surface area (Å²) in [6.45, 7) is 9.80. The molecule has 0 aliphatic heterocycles. The molecule has 0 spiro atoms. The number of nitrogens with one attached hydrogen (secondary N) is 1. The first-order chi connectivity index (χ1) is 7.71. The first kappa shape index (κ1) is 14.2. The molecular weight excluding hydrogens is 286 g/mol. The maximum atomic E-state index is 11.7. The molecule has 1 unspecified atom stereocenters. The second-order valence-corrected chi connectivity index (χ2v) is 6.28. The number of rotatable bonds is 3. The molecule has 96 valence electrons. The summed E-state index contributed by atoms with van der Waals surface area (Å²) >= 11 is 3.31. The lowest BCUT2D eigenvalue weighted by Crippen LogP contribution is -2.27. The fourth-order valence-corrected chi connectivity index (χ4v) is 1.17. The van der Waals surface area contributed by atoms with E-state index >= 15 is 0 Å². The Balaban J connectivity index is 2.71. The van der Waals surface area contributed by atoms with E-state index in [1.54, 1.807) is 0 Å². The Morgan fingerprint density at radius 2 is 1.94 bits per heavy atom. The number of hydrogen-bond donors (Lipinski definition) is 1. The highest BCUT2D eigenvalue weighted by molar-refractivity contribution is 9.10. The van der Waals surface area contributed by atoms with Crippen LogP contribution < -0.4 is 5.32 Å². The third-order valence-electron chi connectivity index (χ3n) is 2.13. The lowest BCUT2D eigenvalue weighted by Gasteiger charge is -2.12. The first-order valence-corrected chi connectivity index (χ1v) is 6.42. The van der Waals surface area contributed by atoms with Crippen LogP contribution in [0.25, 0.3) is 0 Å². The second kappa shape index (κ2) is 5.16. The predicted octanol–water partition coefficient (Wildman–Crippen LogP) is 2.73. The molecule has 6 heteroatoms. The van der Waals surface area contributed by atoms with Gasteiger partial charge in [-0.15, -0.1) is 5.10 Å². The summed E-state index contributed by atoms with van der Waals surface area (Å²) in [4.78, 5) is 11.5. The standard InChI is InChI=1S/C11H18BrN3O2/c1-6(2)7(12)8(16)13-10-15-14-9(17-10)11(3,4)5/h6-7H,1-5H3,(H,13,15,16). The van der Waals surface area contributed by atoms with Gasteiger partial charge in [0.25, 0.3) is 0 Å². The van der Waals surface area contributed by atoms with Crippen molar-refractivity contribution in [1.82, 2.24) is 10.2 Å². The van der Waals surface area contributed by atoms with Crippen LogP contribution in [0.2, 0.25) is 0 Å². The third kappa shape index (κ3) is 3.80. The molecule has 0 aromatic carbocycles. The highest BCUT2D eigenvalue weighted by Crippen LogP contribution is 2.22. The molecule has 0 aliphatic carbocycles. The SMILES string of the molecule is CC(C)C(Br)C(=O)Nc1nnc(C(C)(C)C)o1. The molecule has 0 bridgehead atoms. The van der Waals surface area contributed by atoms with Gasteiger partial charge in [-0.2, -0.15) is 0 Å². The summed E-state index contributed by atoms with van der Waals surface area (Å²) in [5.41, 5.74) is -0.220. The van der Waals surface area contributed by atoms with Crippen molar-refractivity contribution >= 4 is 27.9 Å². The summed E-state index contributed by atoms with van der Waals surface area (Å²) in [6.07, 6.45) is 0. The first-order valence-electron chi connectivity index (χ1n) is 5.50. The zero-order valence-electron chi connectivity index (χ0n) is 10.7. The molecule has 0 aliphatic rings. The highest BCUT2D eigenvalue weighted by Gasteiger charge is 2.24. The minimum absolute atomic E-state index is 0.144. The van der Waals surface area contributed by atoms with Crippen molar-refractivity contribution in [2.24, 2.45) is 5.92 Å². The van der Waals surface area contributed by atoms with E-state index in [4.69, 9.17) is 4.42 Å². The smallest absolute Gasteiger partial charge is 0.322 e. The zero-order valence-corrected chi connectivity index (χ0v) is 12.3. The Kier molecular flexibility index (Phi) is 4.30. The predicted molar refractivity (Wildman–Crippen MR) is 69.2 cm³/mol. The van der Waals surface area contributed by atoms with Gasteiger partial charge in [-0.05, 0) is 5.92 Å².